The van der Waals surface area contributed by atoms with Gasteiger partial charge in [0.2, 0.25) is 0 Å². The minimum Gasteiger partial charge on any atom is -0.367 e. The van der Waals surface area contributed by atoms with Crippen molar-refractivity contribution in [1.82, 2.24) is 4.98 Å². The summed E-state index contributed by atoms with van der Waals surface area (Å²) in [5, 5.41) is 2.38. The molecule has 0 bridgehead atoms. The van der Waals surface area contributed by atoms with E-state index >= 15 is 0 Å². The molecule has 0 aliphatic carbocycles. The molecule has 0 spiro atoms. The van der Waals surface area contributed by atoms with Crippen LogP contribution >= 0.6 is 11.3 Å². The van der Waals surface area contributed by atoms with Crippen molar-refractivity contribution in [3.05, 3.63) is 16.1 Å². The van der Waals surface area contributed by atoms with E-state index in [1.54, 1.807) is 0 Å². The lowest BCUT2D eigenvalue weighted by atomic mass is 9.93. The lowest BCUT2D eigenvalue weighted by molar-refractivity contribution is -0.168. The number of aromatic nitrogens is 1. The van der Waals surface area contributed by atoms with Gasteiger partial charge in [-0.05, 0) is 0 Å². The number of halogens is 4. The van der Waals surface area contributed by atoms with Gasteiger partial charge < -0.3 is 4.74 Å². The predicted molar refractivity (Wildman–Crippen MR) is 71.3 cm³/mol. The van der Waals surface area contributed by atoms with E-state index in [1.165, 1.54) is 11.3 Å². The molecule has 8 heteroatoms. The number of ketones is 1. The molecule has 0 N–H and O–H groups in total. The van der Waals surface area contributed by atoms with Crippen molar-refractivity contribution in [2.24, 2.45) is 0 Å². The summed E-state index contributed by atoms with van der Waals surface area (Å²) in [6.07, 6.45) is -3.86. The summed E-state index contributed by atoms with van der Waals surface area (Å²) in [7, 11) is 0. The highest BCUT2D eigenvalue weighted by Crippen LogP contribution is 2.24. The van der Waals surface area contributed by atoms with E-state index in [0.717, 1.165) is 5.69 Å². The van der Waals surface area contributed by atoms with Crippen molar-refractivity contribution in [1.29, 1.82) is 0 Å². The Bertz CT molecular complexity index is 483. The Kier molecular flexibility index (Phi) is 5.86. The predicted octanol–water partition coefficient (Wildman–Crippen LogP) is 3.47. The highest BCUT2D eigenvalue weighted by Gasteiger charge is 2.41. The fourth-order valence-electron chi connectivity index (χ4n) is 1.32. The van der Waals surface area contributed by atoms with Gasteiger partial charge in [0.1, 0.15) is 18.2 Å². The van der Waals surface area contributed by atoms with E-state index in [4.69, 9.17) is 0 Å². The smallest absolute Gasteiger partial charge is 0.330 e. The molecular weight excluding hydrogens is 310 g/mol. The van der Waals surface area contributed by atoms with Crippen LogP contribution in [0, 0.1) is 0 Å². The number of hydrogen-bond donors (Lipinski definition) is 0. The van der Waals surface area contributed by atoms with E-state index in [-0.39, 0.29) is 11.8 Å². The van der Waals surface area contributed by atoms with Crippen molar-refractivity contribution in [3.8, 4) is 0 Å². The number of nitrogens with zero attached hydrogens (tertiary/aromatic N) is 1. The van der Waals surface area contributed by atoms with Gasteiger partial charge >= 0.3 is 12.3 Å². The maximum atomic E-state index is 12.6. The molecule has 0 aliphatic rings. The SMILES string of the molecule is CC(C)(C)c1csc(CC(=O)COCC(F)(F)C(F)F)n1. The minimum atomic E-state index is -4.24. The normalized spacial score (nSPS) is 13.0. The van der Waals surface area contributed by atoms with Crippen LogP contribution in [0.1, 0.15) is 31.5 Å². The highest BCUT2D eigenvalue weighted by atomic mass is 32.1. The molecule has 1 rings (SSSR count). The number of hydrogen-bond acceptors (Lipinski definition) is 4. The van der Waals surface area contributed by atoms with Crippen molar-refractivity contribution in [2.75, 3.05) is 13.2 Å². The molecule has 0 aromatic carbocycles. The van der Waals surface area contributed by atoms with Crippen LogP contribution in [0.5, 0.6) is 0 Å². The van der Waals surface area contributed by atoms with Crippen LogP contribution in [-0.2, 0) is 21.4 Å². The molecule has 0 saturated heterocycles. The maximum Gasteiger partial charge on any atom is 0.330 e. The number of thiazole rings is 1. The average Bonchev–Trinajstić information content (AvgIpc) is 2.76. The summed E-state index contributed by atoms with van der Waals surface area (Å²) in [6.45, 7) is 3.82. The molecular formula is C13H17F4NO2S. The van der Waals surface area contributed by atoms with E-state index in [1.807, 2.05) is 26.2 Å². The second-order valence-corrected chi connectivity index (χ2v) is 6.59. The van der Waals surface area contributed by atoms with Gasteiger partial charge in [0.05, 0.1) is 12.1 Å². The van der Waals surface area contributed by atoms with E-state index in [9.17, 15) is 22.4 Å². The van der Waals surface area contributed by atoms with Crippen molar-refractivity contribution >= 4 is 17.1 Å². The third-order valence-electron chi connectivity index (χ3n) is 2.55. The Labute approximate surface area is 124 Å². The Morgan fingerprint density at radius 3 is 2.48 bits per heavy atom. The van der Waals surface area contributed by atoms with Gasteiger partial charge in [-0.3, -0.25) is 4.79 Å². The lowest BCUT2D eigenvalue weighted by Crippen LogP contribution is -2.33. The first-order valence-electron chi connectivity index (χ1n) is 6.22. The second-order valence-electron chi connectivity index (χ2n) is 5.65. The fraction of sp³-hybridized carbons (Fsp3) is 0.692. The summed E-state index contributed by atoms with van der Waals surface area (Å²) < 4.78 is 53.2. The third kappa shape index (κ3) is 5.70. The third-order valence-corrected chi connectivity index (χ3v) is 3.39. The van der Waals surface area contributed by atoms with Gasteiger partial charge in [-0.25, -0.2) is 13.8 Å². The molecule has 21 heavy (non-hydrogen) atoms. The quantitative estimate of drug-likeness (QED) is 0.720. The Morgan fingerprint density at radius 1 is 1.38 bits per heavy atom. The molecule has 1 heterocycles. The molecule has 1 aromatic rings. The Hall–Kier alpha value is -1.02. The van der Waals surface area contributed by atoms with Gasteiger partial charge in [0, 0.05) is 10.8 Å². The van der Waals surface area contributed by atoms with Crippen LogP contribution in [0.2, 0.25) is 0 Å². The molecule has 0 aliphatic heterocycles. The summed E-state index contributed by atoms with van der Waals surface area (Å²) in [5.74, 6) is -4.71. The number of alkyl halides is 4. The van der Waals surface area contributed by atoms with Crippen LogP contribution in [-0.4, -0.2) is 36.3 Å². The zero-order valence-corrected chi connectivity index (χ0v) is 12.8. The van der Waals surface area contributed by atoms with Crippen molar-refractivity contribution < 1.29 is 27.1 Å². The summed E-state index contributed by atoms with van der Waals surface area (Å²) >= 11 is 1.29. The molecule has 0 saturated carbocycles. The van der Waals surface area contributed by atoms with Gasteiger partial charge in [0.25, 0.3) is 0 Å². The van der Waals surface area contributed by atoms with Crippen LogP contribution < -0.4 is 0 Å². The van der Waals surface area contributed by atoms with Gasteiger partial charge in [-0.1, -0.05) is 20.8 Å². The van der Waals surface area contributed by atoms with Crippen LogP contribution in [0.4, 0.5) is 17.6 Å². The fourth-order valence-corrected chi connectivity index (χ4v) is 2.37. The monoisotopic (exact) mass is 327 g/mol. The van der Waals surface area contributed by atoms with E-state index < -0.39 is 31.3 Å². The minimum absolute atomic E-state index is 0.0546. The Morgan fingerprint density at radius 2 is 2.00 bits per heavy atom. The van der Waals surface area contributed by atoms with Crippen LogP contribution in [0.25, 0.3) is 0 Å². The van der Waals surface area contributed by atoms with Crippen LogP contribution in [0.3, 0.4) is 0 Å². The summed E-state index contributed by atoms with van der Waals surface area (Å²) in [6, 6.07) is 0. The van der Waals surface area contributed by atoms with Gasteiger partial charge in [-0.2, -0.15) is 8.78 Å². The number of rotatable bonds is 7. The van der Waals surface area contributed by atoms with Crippen LogP contribution in [0.15, 0.2) is 5.38 Å². The molecule has 1 aromatic heterocycles. The molecule has 0 fully saturated rings. The second kappa shape index (κ2) is 6.83. The van der Waals surface area contributed by atoms with Crippen molar-refractivity contribution in [2.45, 2.75) is 45.0 Å². The first kappa shape index (κ1) is 18.0. The molecule has 120 valence electrons. The molecule has 0 amide bonds. The van der Waals surface area contributed by atoms with E-state index in [0.29, 0.717) is 5.01 Å². The average molecular weight is 327 g/mol. The lowest BCUT2D eigenvalue weighted by Gasteiger charge is -2.14. The summed E-state index contributed by atoms with van der Waals surface area (Å²) in [5.41, 5.74) is 0.689. The largest absolute Gasteiger partial charge is 0.367 e. The van der Waals surface area contributed by atoms with Gasteiger partial charge in [-0.15, -0.1) is 11.3 Å². The number of ether oxygens (including phenoxy) is 1. The number of Topliss-reactive ketones (excluding diaryl/α,β-unsaturated/α-hetero) is 1. The highest BCUT2D eigenvalue weighted by molar-refractivity contribution is 7.09. The van der Waals surface area contributed by atoms with Crippen molar-refractivity contribution in [3.63, 3.8) is 0 Å². The maximum absolute atomic E-state index is 12.6. The molecule has 3 nitrogen and oxygen atoms in total. The standard InChI is InChI=1S/C13H17F4NO2S/c1-12(2,3)9-6-21-10(18-9)4-8(19)5-20-7-13(16,17)11(14)15/h6,11H,4-5,7H2,1-3H3. The van der Waals surface area contributed by atoms with E-state index in [2.05, 4.69) is 9.72 Å². The molecule has 0 atom stereocenters. The summed E-state index contributed by atoms with van der Waals surface area (Å²) in [4.78, 5) is 15.8. The number of carbonyl (C=O) groups excluding carboxylic acids is 1. The van der Waals surface area contributed by atoms with Gasteiger partial charge in [0.15, 0.2) is 5.78 Å². The zero-order chi connectivity index (χ0) is 16.3. The molecule has 0 radical (unpaired) electrons. The zero-order valence-electron chi connectivity index (χ0n) is 12.0. The Balaban J connectivity index is 2.43. The topological polar surface area (TPSA) is 39.2 Å². The first-order valence-corrected chi connectivity index (χ1v) is 7.10. The molecule has 0 unspecified atom stereocenters. The number of carbonyl (C=O) groups is 1. The first-order chi connectivity index (χ1) is 9.52.